The monoisotopic (exact) mass is 162 g/mol. The number of hydrogen-bond acceptors (Lipinski definition) is 3. The minimum atomic E-state index is -0.702. The number of hydrogen-bond donors (Lipinski definition) is 1. The third-order valence-corrected chi connectivity index (χ3v) is 1.14. The van der Waals surface area contributed by atoms with E-state index in [1.54, 1.807) is 6.07 Å². The van der Waals surface area contributed by atoms with Crippen LogP contribution in [-0.4, -0.2) is 11.8 Å². The lowest BCUT2D eigenvalue weighted by atomic mass is 10.2. The Morgan fingerprint density at radius 3 is 3.00 bits per heavy atom. The molecule has 1 amide bonds. The Morgan fingerprint density at radius 2 is 2.60 bits per heavy atom. The van der Waals surface area contributed by atoms with Crippen LogP contribution in [-0.2, 0) is 4.79 Å². The van der Waals surface area contributed by atoms with Crippen LogP contribution in [0.1, 0.15) is 6.92 Å². The fourth-order valence-corrected chi connectivity index (χ4v) is 0.507. The Labute approximate surface area is 62.9 Å². The topological polar surface area (TPSA) is 52.9 Å². The minimum absolute atomic E-state index is 0.0165. The van der Waals surface area contributed by atoms with Crippen LogP contribution in [0.2, 0.25) is 0 Å². The van der Waals surface area contributed by atoms with E-state index in [1.165, 1.54) is 6.92 Å². The van der Waals surface area contributed by atoms with E-state index >= 15 is 0 Å². The van der Waals surface area contributed by atoms with E-state index in [9.17, 15) is 8.68 Å². The third kappa shape index (κ3) is 3.30. The van der Waals surface area contributed by atoms with E-state index < -0.39 is 11.8 Å². The highest BCUT2D eigenvalue weighted by Crippen LogP contribution is 1.97. The summed E-state index contributed by atoms with van der Waals surface area (Å²) in [7, 11) is 0. The van der Waals surface area contributed by atoms with Crippen LogP contribution in [0, 0.1) is 17.2 Å². The summed E-state index contributed by atoms with van der Waals surface area (Å²) in [5.74, 6) is -1.23. The molecule has 0 aromatic heterocycles. The van der Waals surface area contributed by atoms with Gasteiger partial charge in [-0.25, -0.2) is 0 Å². The molecule has 0 heterocycles. The van der Waals surface area contributed by atoms with Gasteiger partial charge in [0.15, 0.2) is 0 Å². The lowest BCUT2D eigenvalue weighted by Gasteiger charge is -2.00. The molecule has 0 aliphatic rings. The van der Waals surface area contributed by atoms with Gasteiger partial charge in [-0.15, -0.1) is 0 Å². The maximum absolute atomic E-state index is 11.3. The van der Waals surface area contributed by atoms with Crippen molar-refractivity contribution in [1.82, 2.24) is 5.32 Å². The third-order valence-electron chi connectivity index (χ3n) is 0.888. The molecule has 0 aliphatic heterocycles. The van der Waals surface area contributed by atoms with Gasteiger partial charge in [0, 0.05) is 0 Å². The molecule has 0 spiro atoms. The average Bonchev–Trinajstić information content (AvgIpc) is 1.98. The lowest BCUT2D eigenvalue weighted by Crippen LogP contribution is -2.27. The number of amides is 1. The summed E-state index contributed by atoms with van der Waals surface area (Å²) < 4.78 is 11.3. The molecular formula is C5H7FN2OS. The smallest absolute Gasteiger partial charge is 0.237 e. The molecular weight excluding hydrogens is 155 g/mol. The Balaban J connectivity index is 3.54. The SMILES string of the molecule is CC(C#N)C(=O)NCSF. The molecule has 0 fully saturated rings. The van der Waals surface area contributed by atoms with Gasteiger partial charge in [-0.2, -0.15) is 9.15 Å². The van der Waals surface area contributed by atoms with E-state index in [4.69, 9.17) is 5.26 Å². The Hall–Kier alpha value is -0.760. The number of rotatable bonds is 3. The summed E-state index contributed by atoms with van der Waals surface area (Å²) in [6.45, 7) is 1.46. The number of halogens is 1. The maximum Gasteiger partial charge on any atom is 0.237 e. The van der Waals surface area contributed by atoms with Crippen molar-refractivity contribution in [1.29, 1.82) is 5.26 Å². The first kappa shape index (κ1) is 9.24. The highest BCUT2D eigenvalue weighted by atomic mass is 32.2. The summed E-state index contributed by atoms with van der Waals surface area (Å²) in [5.41, 5.74) is 0. The van der Waals surface area contributed by atoms with E-state index in [0.29, 0.717) is 0 Å². The minimum Gasteiger partial charge on any atom is -0.343 e. The molecule has 1 N–H and O–H groups in total. The number of carbonyl (C=O) groups excluding carboxylic acids is 1. The van der Waals surface area contributed by atoms with Crippen molar-refractivity contribution in [3.63, 3.8) is 0 Å². The van der Waals surface area contributed by atoms with Gasteiger partial charge in [-0.1, -0.05) is 0 Å². The van der Waals surface area contributed by atoms with Crippen molar-refractivity contribution in [2.24, 2.45) is 5.92 Å². The van der Waals surface area contributed by atoms with Gasteiger partial charge in [-0.05, 0) is 6.92 Å². The van der Waals surface area contributed by atoms with Crippen molar-refractivity contribution in [3.05, 3.63) is 0 Å². The molecule has 0 aromatic carbocycles. The van der Waals surface area contributed by atoms with E-state index in [0.717, 1.165) is 0 Å². The van der Waals surface area contributed by atoms with Crippen molar-refractivity contribution >= 4 is 18.1 Å². The molecule has 0 rings (SSSR count). The average molecular weight is 162 g/mol. The van der Waals surface area contributed by atoms with Crippen LogP contribution in [0.25, 0.3) is 0 Å². The van der Waals surface area contributed by atoms with Crippen molar-refractivity contribution in [2.45, 2.75) is 6.92 Å². The van der Waals surface area contributed by atoms with Crippen LogP contribution in [0.15, 0.2) is 0 Å². The van der Waals surface area contributed by atoms with Crippen LogP contribution in [0.5, 0.6) is 0 Å². The fourth-order valence-electron chi connectivity index (χ4n) is 0.310. The Morgan fingerprint density at radius 1 is 2.00 bits per heavy atom. The zero-order chi connectivity index (χ0) is 7.98. The van der Waals surface area contributed by atoms with Crippen LogP contribution in [0.3, 0.4) is 0 Å². The first-order chi connectivity index (χ1) is 4.72. The number of nitriles is 1. The Bertz CT molecular complexity index is 156. The van der Waals surface area contributed by atoms with Crippen molar-refractivity contribution in [3.8, 4) is 6.07 Å². The van der Waals surface area contributed by atoms with Gasteiger partial charge in [0.25, 0.3) is 0 Å². The van der Waals surface area contributed by atoms with E-state index in [2.05, 4.69) is 5.32 Å². The molecule has 3 nitrogen and oxygen atoms in total. The number of nitrogens with zero attached hydrogens (tertiary/aromatic N) is 1. The first-order valence-electron chi connectivity index (χ1n) is 2.63. The highest BCUT2D eigenvalue weighted by Gasteiger charge is 2.09. The molecule has 0 radical (unpaired) electrons. The molecule has 0 bridgehead atoms. The van der Waals surface area contributed by atoms with Crippen molar-refractivity contribution in [2.75, 3.05) is 5.88 Å². The molecule has 5 heteroatoms. The van der Waals surface area contributed by atoms with Crippen LogP contribution < -0.4 is 5.32 Å². The second-order valence-corrected chi connectivity index (χ2v) is 2.15. The van der Waals surface area contributed by atoms with Crippen LogP contribution >= 0.6 is 12.1 Å². The highest BCUT2D eigenvalue weighted by molar-refractivity contribution is 7.94. The number of carbonyl (C=O) groups is 1. The molecule has 1 unspecified atom stereocenters. The normalized spacial score (nSPS) is 11.7. The van der Waals surface area contributed by atoms with Gasteiger partial charge in [0.05, 0.1) is 24.1 Å². The second kappa shape index (κ2) is 5.06. The van der Waals surface area contributed by atoms with Gasteiger partial charge in [0.2, 0.25) is 5.91 Å². The molecule has 56 valence electrons. The molecule has 10 heavy (non-hydrogen) atoms. The van der Waals surface area contributed by atoms with Gasteiger partial charge < -0.3 is 5.32 Å². The maximum atomic E-state index is 11.3. The second-order valence-electron chi connectivity index (χ2n) is 1.65. The molecule has 1 atom stereocenters. The fraction of sp³-hybridized carbons (Fsp3) is 0.600. The van der Waals surface area contributed by atoms with Crippen molar-refractivity contribution < 1.29 is 8.68 Å². The summed E-state index contributed by atoms with van der Waals surface area (Å²) >= 11 is 0.0165. The zero-order valence-corrected chi connectivity index (χ0v) is 6.24. The summed E-state index contributed by atoms with van der Waals surface area (Å²) in [4.78, 5) is 10.6. The van der Waals surface area contributed by atoms with E-state index in [-0.39, 0.29) is 18.0 Å². The lowest BCUT2D eigenvalue weighted by molar-refractivity contribution is -0.122. The quantitative estimate of drug-likeness (QED) is 0.625. The Kier molecular flexibility index (Phi) is 4.67. The van der Waals surface area contributed by atoms with E-state index in [1.807, 2.05) is 0 Å². The summed E-state index contributed by atoms with van der Waals surface area (Å²) in [6, 6.07) is 1.73. The molecule has 0 aliphatic carbocycles. The van der Waals surface area contributed by atoms with Gasteiger partial charge in [0.1, 0.15) is 5.92 Å². The number of nitrogens with one attached hydrogen (secondary N) is 1. The summed E-state index contributed by atoms with van der Waals surface area (Å²) in [6.07, 6.45) is 0. The largest absolute Gasteiger partial charge is 0.343 e. The molecule has 0 aromatic rings. The van der Waals surface area contributed by atoms with Crippen LogP contribution in [0.4, 0.5) is 3.89 Å². The zero-order valence-electron chi connectivity index (χ0n) is 5.43. The summed E-state index contributed by atoms with van der Waals surface area (Å²) in [5, 5.41) is 10.4. The molecule has 0 saturated carbocycles. The predicted octanol–water partition coefficient (Wildman–Crippen LogP) is 0.837. The predicted molar refractivity (Wildman–Crippen MR) is 36.5 cm³/mol. The first-order valence-corrected chi connectivity index (χ1v) is 3.51. The molecule has 0 saturated heterocycles. The van der Waals surface area contributed by atoms with Gasteiger partial charge >= 0.3 is 0 Å². The standard InChI is InChI=1S/C5H7FN2OS/c1-4(2-7)5(9)8-3-10-6/h4H,3H2,1H3,(H,8,9). The van der Waals surface area contributed by atoms with Gasteiger partial charge in [-0.3, -0.25) is 4.79 Å².